The van der Waals surface area contributed by atoms with E-state index in [1.165, 1.54) is 0 Å². The van der Waals surface area contributed by atoms with Gasteiger partial charge in [-0.1, -0.05) is 13.3 Å². The Labute approximate surface area is 78.8 Å². The van der Waals surface area contributed by atoms with Gasteiger partial charge < -0.3 is 9.30 Å². The van der Waals surface area contributed by atoms with Gasteiger partial charge in [0.05, 0.1) is 6.33 Å². The third kappa shape index (κ3) is 8.41. The molecule has 1 aromatic heterocycles. The summed E-state index contributed by atoms with van der Waals surface area (Å²) < 4.78 is 6.27. The lowest BCUT2D eigenvalue weighted by atomic mass is 10.4. The van der Waals surface area contributed by atoms with Crippen molar-refractivity contribution in [3.05, 3.63) is 18.7 Å². The number of aryl methyl sites for hydroxylation is 1. The van der Waals surface area contributed by atoms with Crippen molar-refractivity contribution < 1.29 is 4.74 Å². The largest absolute Gasteiger partial charge is 0.428 e. The standard InChI is InChI=1S/C5H9NO.C4H6N2/c1-2-3-4-7-5-6;1-6-3-2-5-4-6/h2-4H2,1H3;2-4H,1H3. The molecule has 4 nitrogen and oxygen atoms in total. The van der Waals surface area contributed by atoms with E-state index in [0.717, 1.165) is 12.8 Å². The summed E-state index contributed by atoms with van der Waals surface area (Å²) in [4.78, 5) is 3.78. The number of rotatable bonds is 3. The van der Waals surface area contributed by atoms with Crippen LogP contribution in [0.4, 0.5) is 0 Å². The van der Waals surface area contributed by atoms with Gasteiger partial charge in [-0.15, -0.1) is 0 Å². The van der Waals surface area contributed by atoms with Crippen LogP contribution in [-0.4, -0.2) is 16.2 Å². The molecule has 0 unspecified atom stereocenters. The van der Waals surface area contributed by atoms with Crippen LogP contribution in [0.1, 0.15) is 19.8 Å². The molecule has 0 aromatic carbocycles. The Bertz CT molecular complexity index is 226. The number of hydrogen-bond donors (Lipinski definition) is 0. The highest BCUT2D eigenvalue weighted by Crippen LogP contribution is 1.84. The van der Waals surface area contributed by atoms with Crippen molar-refractivity contribution >= 4 is 0 Å². The first-order valence-electron chi connectivity index (χ1n) is 4.24. The van der Waals surface area contributed by atoms with Gasteiger partial charge in [0.1, 0.15) is 6.61 Å². The zero-order valence-corrected chi connectivity index (χ0v) is 8.10. The average Bonchev–Trinajstić information content (AvgIpc) is 2.58. The minimum absolute atomic E-state index is 0.576. The van der Waals surface area contributed by atoms with Crippen molar-refractivity contribution in [2.45, 2.75) is 19.8 Å². The number of hydrogen-bond acceptors (Lipinski definition) is 3. The second-order valence-corrected chi connectivity index (χ2v) is 2.52. The van der Waals surface area contributed by atoms with Crippen LogP contribution in [0.15, 0.2) is 18.7 Å². The summed E-state index contributed by atoms with van der Waals surface area (Å²) in [5, 5.41) is 7.82. The van der Waals surface area contributed by atoms with E-state index in [1.807, 2.05) is 17.8 Å². The Morgan fingerprint density at radius 3 is 2.69 bits per heavy atom. The minimum Gasteiger partial charge on any atom is -0.428 e. The first kappa shape index (κ1) is 11.5. The van der Waals surface area contributed by atoms with E-state index >= 15 is 0 Å². The SMILES string of the molecule is CCCCOC#N.Cn1ccnc1. The van der Waals surface area contributed by atoms with Crippen LogP contribution in [0.3, 0.4) is 0 Å². The molecular formula is C9H15N3O. The van der Waals surface area contributed by atoms with Gasteiger partial charge in [0.25, 0.3) is 6.26 Å². The summed E-state index contributed by atoms with van der Waals surface area (Å²) in [6, 6.07) is 0. The van der Waals surface area contributed by atoms with Gasteiger partial charge in [-0.2, -0.15) is 5.26 Å². The van der Waals surface area contributed by atoms with Crippen LogP contribution in [0.25, 0.3) is 0 Å². The van der Waals surface area contributed by atoms with E-state index in [-0.39, 0.29) is 0 Å². The summed E-state index contributed by atoms with van der Waals surface area (Å²) in [6.07, 6.45) is 9.06. The maximum atomic E-state index is 7.82. The van der Waals surface area contributed by atoms with Crippen molar-refractivity contribution in [1.29, 1.82) is 5.26 Å². The van der Waals surface area contributed by atoms with Crippen LogP contribution >= 0.6 is 0 Å². The lowest BCUT2D eigenvalue weighted by molar-refractivity contribution is 0.264. The molecule has 1 heterocycles. The molecule has 0 N–H and O–H groups in total. The van der Waals surface area contributed by atoms with Gasteiger partial charge in [-0.25, -0.2) is 4.98 Å². The predicted molar refractivity (Wildman–Crippen MR) is 49.7 cm³/mol. The third-order valence-corrected chi connectivity index (χ3v) is 1.30. The van der Waals surface area contributed by atoms with Gasteiger partial charge in [-0.3, -0.25) is 0 Å². The Morgan fingerprint density at radius 2 is 2.38 bits per heavy atom. The second kappa shape index (κ2) is 8.60. The van der Waals surface area contributed by atoms with E-state index in [2.05, 4.69) is 16.6 Å². The molecule has 1 rings (SSSR count). The highest BCUT2D eigenvalue weighted by atomic mass is 16.5. The number of ether oxygens (including phenoxy) is 1. The lowest BCUT2D eigenvalue weighted by Crippen LogP contribution is -1.83. The smallest absolute Gasteiger partial charge is 0.286 e. The summed E-state index contributed by atoms with van der Waals surface area (Å²) >= 11 is 0. The fraction of sp³-hybridized carbons (Fsp3) is 0.556. The van der Waals surface area contributed by atoms with Crippen molar-refractivity contribution in [3.63, 3.8) is 0 Å². The summed E-state index contributed by atoms with van der Waals surface area (Å²) in [6.45, 7) is 2.63. The number of unbranched alkanes of at least 4 members (excludes halogenated alkanes) is 1. The molecule has 72 valence electrons. The van der Waals surface area contributed by atoms with Crippen molar-refractivity contribution in [1.82, 2.24) is 9.55 Å². The summed E-state index contributed by atoms with van der Waals surface area (Å²) in [5.74, 6) is 0. The fourth-order valence-electron chi connectivity index (χ4n) is 0.588. The van der Waals surface area contributed by atoms with Gasteiger partial charge in [0, 0.05) is 19.4 Å². The highest BCUT2D eigenvalue weighted by Gasteiger charge is 1.78. The van der Waals surface area contributed by atoms with Crippen molar-refractivity contribution in [2.75, 3.05) is 6.61 Å². The first-order valence-corrected chi connectivity index (χ1v) is 4.24. The predicted octanol–water partition coefficient (Wildman–Crippen LogP) is 1.70. The van der Waals surface area contributed by atoms with Gasteiger partial charge in [0.15, 0.2) is 0 Å². The molecular weight excluding hydrogens is 166 g/mol. The Hall–Kier alpha value is -1.50. The summed E-state index contributed by atoms with van der Waals surface area (Å²) in [5.41, 5.74) is 0. The molecule has 1 aromatic rings. The van der Waals surface area contributed by atoms with Crippen LogP contribution in [-0.2, 0) is 11.8 Å². The van der Waals surface area contributed by atoms with Gasteiger partial charge in [0.2, 0.25) is 0 Å². The van der Waals surface area contributed by atoms with E-state index in [1.54, 1.807) is 18.8 Å². The van der Waals surface area contributed by atoms with Crippen LogP contribution in [0.2, 0.25) is 0 Å². The number of imidazole rings is 1. The number of nitriles is 1. The van der Waals surface area contributed by atoms with Crippen LogP contribution in [0, 0.1) is 11.5 Å². The Morgan fingerprint density at radius 1 is 1.62 bits per heavy atom. The molecule has 0 radical (unpaired) electrons. The molecule has 0 bridgehead atoms. The monoisotopic (exact) mass is 181 g/mol. The average molecular weight is 181 g/mol. The van der Waals surface area contributed by atoms with E-state index in [0.29, 0.717) is 6.61 Å². The third-order valence-electron chi connectivity index (χ3n) is 1.30. The topological polar surface area (TPSA) is 50.8 Å². The minimum atomic E-state index is 0.576. The van der Waals surface area contributed by atoms with Gasteiger partial charge in [-0.05, 0) is 6.42 Å². The van der Waals surface area contributed by atoms with Crippen LogP contribution < -0.4 is 0 Å². The molecule has 0 saturated heterocycles. The Balaban J connectivity index is 0.000000223. The fourth-order valence-corrected chi connectivity index (χ4v) is 0.588. The first-order chi connectivity index (χ1) is 6.31. The second-order valence-electron chi connectivity index (χ2n) is 2.52. The normalized spacial score (nSPS) is 8.08. The molecule has 0 spiro atoms. The van der Waals surface area contributed by atoms with E-state index < -0.39 is 0 Å². The molecule has 4 heteroatoms. The van der Waals surface area contributed by atoms with Crippen LogP contribution in [0.5, 0.6) is 0 Å². The van der Waals surface area contributed by atoms with E-state index in [4.69, 9.17) is 5.26 Å². The Kier molecular flexibility index (Phi) is 7.60. The van der Waals surface area contributed by atoms with Crippen molar-refractivity contribution in [2.24, 2.45) is 7.05 Å². The molecule has 0 aliphatic rings. The quantitative estimate of drug-likeness (QED) is 0.527. The molecule has 13 heavy (non-hydrogen) atoms. The number of aromatic nitrogens is 2. The number of nitrogens with zero attached hydrogens (tertiary/aromatic N) is 3. The summed E-state index contributed by atoms with van der Waals surface area (Å²) in [7, 11) is 1.94. The van der Waals surface area contributed by atoms with Gasteiger partial charge >= 0.3 is 0 Å². The van der Waals surface area contributed by atoms with Crippen molar-refractivity contribution in [3.8, 4) is 6.26 Å². The molecule has 0 atom stereocenters. The molecule has 0 amide bonds. The molecule has 0 aliphatic heterocycles. The molecule has 0 aliphatic carbocycles. The van der Waals surface area contributed by atoms with E-state index in [9.17, 15) is 0 Å². The molecule has 0 fully saturated rings. The zero-order valence-electron chi connectivity index (χ0n) is 8.10. The molecule has 0 saturated carbocycles. The highest BCUT2D eigenvalue weighted by molar-refractivity contribution is 4.70. The maximum absolute atomic E-state index is 7.82. The lowest BCUT2D eigenvalue weighted by Gasteiger charge is -1.88. The zero-order chi connectivity index (χ0) is 9.94. The maximum Gasteiger partial charge on any atom is 0.286 e.